The fraction of sp³-hybridized carbons (Fsp3) is 1.00. The Morgan fingerprint density at radius 2 is 0.656 bits per heavy atom. The van der Waals surface area contributed by atoms with E-state index in [4.69, 9.17) is 0 Å². The van der Waals surface area contributed by atoms with Crippen LogP contribution in [0.3, 0.4) is 0 Å². The Kier molecular flexibility index (Phi) is 27.2. The molecule has 0 aromatic heterocycles. The van der Waals surface area contributed by atoms with E-state index in [0.29, 0.717) is 0 Å². The maximum absolute atomic E-state index is 2.80. The normalized spacial score (nSPS) is 11.8. The molecule has 0 radical (unpaired) electrons. The molecule has 0 rings (SSSR count). The van der Waals surface area contributed by atoms with Crippen molar-refractivity contribution in [2.75, 3.05) is 19.6 Å². The molecule has 0 saturated carbocycles. The summed E-state index contributed by atoms with van der Waals surface area (Å²) in [6.45, 7) is 13.4. The first-order valence-electron chi connectivity index (χ1n) is 15.4. The second kappa shape index (κ2) is 27.2. The first-order valence-corrected chi connectivity index (χ1v) is 15.4. The van der Waals surface area contributed by atoms with Gasteiger partial charge < -0.3 is 4.90 Å². The minimum Gasteiger partial charge on any atom is -0.303 e. The van der Waals surface area contributed by atoms with Gasteiger partial charge in [0.2, 0.25) is 0 Å². The van der Waals surface area contributed by atoms with Gasteiger partial charge in [-0.1, -0.05) is 156 Å². The Hall–Kier alpha value is -0.0400. The summed E-state index contributed by atoms with van der Waals surface area (Å²) < 4.78 is 0. The summed E-state index contributed by atoms with van der Waals surface area (Å²) in [5.74, 6) is 0.893. The fourth-order valence-electron chi connectivity index (χ4n) is 4.87. The third kappa shape index (κ3) is 26.2. The lowest BCUT2D eigenvalue weighted by molar-refractivity contribution is 0.254. The molecule has 0 amide bonds. The number of unbranched alkanes of at least 4 members (excludes halogenated alkanes) is 19. The molecule has 0 aromatic carbocycles. The van der Waals surface area contributed by atoms with Crippen molar-refractivity contribution < 1.29 is 0 Å². The first kappa shape index (κ1) is 32.0. The average Bonchev–Trinajstić information content (AvgIpc) is 2.78. The predicted octanol–water partition coefficient (Wildman–Crippen LogP) is 11.0. The summed E-state index contributed by atoms with van der Waals surface area (Å²) in [5, 5.41) is 0. The molecule has 0 saturated heterocycles. The van der Waals surface area contributed by atoms with Crippen molar-refractivity contribution in [1.82, 2.24) is 4.90 Å². The van der Waals surface area contributed by atoms with E-state index in [0.717, 1.165) is 5.92 Å². The topological polar surface area (TPSA) is 3.24 Å². The molecule has 0 aliphatic heterocycles. The van der Waals surface area contributed by atoms with Crippen LogP contribution < -0.4 is 0 Å². The third-order valence-corrected chi connectivity index (χ3v) is 7.16. The van der Waals surface area contributed by atoms with E-state index in [-0.39, 0.29) is 0 Å². The molecule has 32 heavy (non-hydrogen) atoms. The molecule has 0 atom stereocenters. The molecule has 0 aromatic rings. The minimum absolute atomic E-state index is 0.893. The molecule has 0 aliphatic rings. The van der Waals surface area contributed by atoms with Gasteiger partial charge in [-0.15, -0.1) is 0 Å². The van der Waals surface area contributed by atoms with E-state index in [9.17, 15) is 0 Å². The highest BCUT2D eigenvalue weighted by Gasteiger charge is 2.05. The number of nitrogens with zero attached hydrogens (tertiary/aromatic N) is 1. The summed E-state index contributed by atoms with van der Waals surface area (Å²) in [6.07, 6.45) is 33.2. The Morgan fingerprint density at radius 3 is 0.969 bits per heavy atom. The molecular formula is C31H65N. The SMILES string of the molecule is CCCCCCCN(CCCCCCC)CCCCCCCCCCCCCCC(C)C. The van der Waals surface area contributed by atoms with Gasteiger partial charge in [-0.25, -0.2) is 0 Å². The van der Waals surface area contributed by atoms with E-state index >= 15 is 0 Å². The summed E-state index contributed by atoms with van der Waals surface area (Å²) in [7, 11) is 0. The first-order chi connectivity index (χ1) is 15.7. The Morgan fingerprint density at radius 1 is 0.375 bits per heavy atom. The number of rotatable bonds is 27. The van der Waals surface area contributed by atoms with Crippen molar-refractivity contribution in [2.45, 2.75) is 175 Å². The lowest BCUT2D eigenvalue weighted by Gasteiger charge is -2.22. The maximum Gasteiger partial charge on any atom is -0.00187 e. The molecule has 0 spiro atoms. The monoisotopic (exact) mass is 452 g/mol. The van der Waals surface area contributed by atoms with E-state index in [1.54, 1.807) is 0 Å². The van der Waals surface area contributed by atoms with Crippen LogP contribution in [0.4, 0.5) is 0 Å². The van der Waals surface area contributed by atoms with E-state index in [1.807, 2.05) is 0 Å². The van der Waals surface area contributed by atoms with Gasteiger partial charge in [0, 0.05) is 0 Å². The Bertz CT molecular complexity index is 310. The van der Waals surface area contributed by atoms with Crippen molar-refractivity contribution in [3.8, 4) is 0 Å². The highest BCUT2D eigenvalue weighted by Crippen LogP contribution is 2.15. The average molecular weight is 452 g/mol. The number of hydrogen-bond donors (Lipinski definition) is 0. The molecule has 1 nitrogen and oxygen atoms in total. The van der Waals surface area contributed by atoms with Gasteiger partial charge in [0.1, 0.15) is 0 Å². The quantitative estimate of drug-likeness (QED) is 0.112. The van der Waals surface area contributed by atoms with E-state index in [1.165, 1.54) is 167 Å². The van der Waals surface area contributed by atoms with Crippen molar-refractivity contribution in [3.05, 3.63) is 0 Å². The van der Waals surface area contributed by atoms with Gasteiger partial charge in [0.05, 0.1) is 0 Å². The van der Waals surface area contributed by atoms with E-state index in [2.05, 4.69) is 32.6 Å². The zero-order valence-corrected chi connectivity index (χ0v) is 23.4. The molecule has 194 valence electrons. The van der Waals surface area contributed by atoms with Gasteiger partial charge >= 0.3 is 0 Å². The lowest BCUT2D eigenvalue weighted by atomic mass is 10.0. The van der Waals surface area contributed by atoms with Crippen molar-refractivity contribution in [2.24, 2.45) is 5.92 Å². The van der Waals surface area contributed by atoms with Crippen LogP contribution in [0.15, 0.2) is 0 Å². The van der Waals surface area contributed by atoms with Crippen LogP contribution in [-0.2, 0) is 0 Å². The summed E-state index contributed by atoms with van der Waals surface area (Å²) in [5.41, 5.74) is 0. The van der Waals surface area contributed by atoms with Crippen LogP contribution in [0.25, 0.3) is 0 Å². The van der Waals surface area contributed by atoms with Crippen LogP contribution in [0.1, 0.15) is 175 Å². The smallest absolute Gasteiger partial charge is 0.00187 e. The zero-order chi connectivity index (χ0) is 23.5. The van der Waals surface area contributed by atoms with Crippen molar-refractivity contribution in [3.63, 3.8) is 0 Å². The summed E-state index contributed by atoms with van der Waals surface area (Å²) in [4.78, 5) is 2.80. The van der Waals surface area contributed by atoms with Gasteiger partial charge in [-0.2, -0.15) is 0 Å². The van der Waals surface area contributed by atoms with Gasteiger partial charge in [0.15, 0.2) is 0 Å². The zero-order valence-electron chi connectivity index (χ0n) is 23.4. The molecular weight excluding hydrogens is 386 g/mol. The van der Waals surface area contributed by atoms with Crippen LogP contribution in [-0.4, -0.2) is 24.5 Å². The predicted molar refractivity (Wildman–Crippen MR) is 149 cm³/mol. The standard InChI is InChI=1S/C31H65N/c1-5-7-9-20-24-28-32(29-25-21-10-8-6-2)30-26-22-18-16-14-12-11-13-15-17-19-23-27-31(3)4/h31H,5-30H2,1-4H3. The highest BCUT2D eigenvalue weighted by molar-refractivity contribution is 4.60. The van der Waals surface area contributed by atoms with Crippen LogP contribution >= 0.6 is 0 Å². The fourth-order valence-corrected chi connectivity index (χ4v) is 4.87. The molecule has 1 heteroatoms. The molecule has 0 fully saturated rings. The Labute approximate surface area is 205 Å². The number of hydrogen-bond acceptors (Lipinski definition) is 1. The lowest BCUT2D eigenvalue weighted by Crippen LogP contribution is -2.27. The van der Waals surface area contributed by atoms with Crippen LogP contribution in [0.5, 0.6) is 0 Å². The van der Waals surface area contributed by atoms with Gasteiger partial charge in [-0.3, -0.25) is 0 Å². The molecule has 0 N–H and O–H groups in total. The second-order valence-electron chi connectivity index (χ2n) is 11.1. The van der Waals surface area contributed by atoms with Crippen molar-refractivity contribution in [1.29, 1.82) is 0 Å². The maximum atomic E-state index is 2.80. The largest absolute Gasteiger partial charge is 0.303 e. The van der Waals surface area contributed by atoms with Gasteiger partial charge in [-0.05, 0) is 44.8 Å². The van der Waals surface area contributed by atoms with Crippen LogP contribution in [0, 0.1) is 5.92 Å². The third-order valence-electron chi connectivity index (χ3n) is 7.16. The molecule has 0 unspecified atom stereocenters. The van der Waals surface area contributed by atoms with Crippen LogP contribution in [0.2, 0.25) is 0 Å². The second-order valence-corrected chi connectivity index (χ2v) is 11.1. The van der Waals surface area contributed by atoms with Crippen molar-refractivity contribution >= 4 is 0 Å². The molecule has 0 aliphatic carbocycles. The Balaban J connectivity index is 3.58. The summed E-state index contributed by atoms with van der Waals surface area (Å²) >= 11 is 0. The van der Waals surface area contributed by atoms with E-state index < -0.39 is 0 Å². The minimum atomic E-state index is 0.893. The molecule has 0 bridgehead atoms. The summed E-state index contributed by atoms with van der Waals surface area (Å²) in [6, 6.07) is 0. The highest BCUT2D eigenvalue weighted by atomic mass is 15.1. The molecule has 0 heterocycles. The van der Waals surface area contributed by atoms with Gasteiger partial charge in [0.25, 0.3) is 0 Å².